The van der Waals surface area contributed by atoms with Crippen LogP contribution in [-0.2, 0) is 0 Å². The molecule has 0 aromatic heterocycles. The quantitative estimate of drug-likeness (QED) is 0.860. The van der Waals surface area contributed by atoms with Crippen molar-refractivity contribution in [1.82, 2.24) is 0 Å². The molecule has 0 bridgehead atoms. The summed E-state index contributed by atoms with van der Waals surface area (Å²) in [6, 6.07) is 14.6. The molecular weight excluding hydrogens is 267 g/mol. The molecule has 18 heavy (non-hydrogen) atoms. The predicted molar refractivity (Wildman–Crippen MR) is 76.9 cm³/mol. The molecule has 1 nitrogen and oxygen atoms in total. The van der Waals surface area contributed by atoms with Crippen LogP contribution in [0.4, 0.5) is 0 Å². The number of halogens is 2. The standard InChI is InChI=1S/C15H12Cl2O/c16-13-6-1-11(2-7-13)3-10-15(18)12-4-8-14(17)9-5-12/h1-10,15,18H. The summed E-state index contributed by atoms with van der Waals surface area (Å²) in [5, 5.41) is 11.3. The average molecular weight is 279 g/mol. The van der Waals surface area contributed by atoms with Gasteiger partial charge in [0.05, 0.1) is 6.10 Å². The summed E-state index contributed by atoms with van der Waals surface area (Å²) in [6.07, 6.45) is 2.94. The van der Waals surface area contributed by atoms with Gasteiger partial charge in [0.25, 0.3) is 0 Å². The first-order chi connectivity index (χ1) is 8.65. The first kappa shape index (κ1) is 13.2. The Morgan fingerprint density at radius 1 is 0.833 bits per heavy atom. The molecule has 92 valence electrons. The Hall–Kier alpha value is -1.28. The summed E-state index contributed by atoms with van der Waals surface area (Å²) in [7, 11) is 0. The number of hydrogen-bond acceptors (Lipinski definition) is 1. The molecule has 2 aromatic carbocycles. The van der Waals surface area contributed by atoms with Gasteiger partial charge in [0.2, 0.25) is 0 Å². The van der Waals surface area contributed by atoms with Crippen LogP contribution in [0.25, 0.3) is 6.08 Å². The third kappa shape index (κ3) is 3.61. The van der Waals surface area contributed by atoms with E-state index in [4.69, 9.17) is 23.2 Å². The van der Waals surface area contributed by atoms with Crippen LogP contribution >= 0.6 is 23.2 Å². The van der Waals surface area contributed by atoms with Gasteiger partial charge in [-0.25, -0.2) is 0 Å². The normalized spacial score (nSPS) is 12.8. The zero-order valence-corrected chi connectivity index (χ0v) is 11.1. The van der Waals surface area contributed by atoms with Crippen LogP contribution in [0.3, 0.4) is 0 Å². The van der Waals surface area contributed by atoms with Gasteiger partial charge in [0.1, 0.15) is 0 Å². The number of benzene rings is 2. The van der Waals surface area contributed by atoms with E-state index in [1.165, 1.54) is 0 Å². The average Bonchev–Trinajstić information content (AvgIpc) is 2.38. The molecule has 0 heterocycles. The Balaban J connectivity index is 2.08. The summed E-state index contributed by atoms with van der Waals surface area (Å²) < 4.78 is 0. The molecule has 1 unspecified atom stereocenters. The van der Waals surface area contributed by atoms with Gasteiger partial charge >= 0.3 is 0 Å². The molecule has 0 saturated heterocycles. The van der Waals surface area contributed by atoms with Crippen LogP contribution < -0.4 is 0 Å². The fourth-order valence-electron chi connectivity index (χ4n) is 1.55. The Labute approximate surface area is 116 Å². The van der Waals surface area contributed by atoms with Crippen LogP contribution in [0.1, 0.15) is 17.2 Å². The summed E-state index contributed by atoms with van der Waals surface area (Å²) in [5.74, 6) is 0. The molecule has 0 aliphatic heterocycles. The van der Waals surface area contributed by atoms with Gasteiger partial charge in [0, 0.05) is 10.0 Å². The van der Waals surface area contributed by atoms with Gasteiger partial charge in [0.15, 0.2) is 0 Å². The molecule has 0 aliphatic rings. The van der Waals surface area contributed by atoms with Gasteiger partial charge in [-0.1, -0.05) is 59.6 Å². The lowest BCUT2D eigenvalue weighted by Gasteiger charge is -2.05. The second-order valence-corrected chi connectivity index (χ2v) is 4.78. The topological polar surface area (TPSA) is 20.2 Å². The van der Waals surface area contributed by atoms with Crippen molar-refractivity contribution in [3.8, 4) is 0 Å². The van der Waals surface area contributed by atoms with E-state index in [0.29, 0.717) is 10.0 Å². The van der Waals surface area contributed by atoms with Crippen molar-refractivity contribution < 1.29 is 5.11 Å². The Morgan fingerprint density at radius 2 is 1.33 bits per heavy atom. The lowest BCUT2D eigenvalue weighted by Crippen LogP contribution is -1.91. The number of hydrogen-bond donors (Lipinski definition) is 1. The van der Waals surface area contributed by atoms with Crippen molar-refractivity contribution in [2.24, 2.45) is 0 Å². The predicted octanol–water partition coefficient (Wildman–Crippen LogP) is 4.74. The van der Waals surface area contributed by atoms with Crippen molar-refractivity contribution in [3.05, 3.63) is 75.8 Å². The van der Waals surface area contributed by atoms with Gasteiger partial charge in [-0.2, -0.15) is 0 Å². The monoisotopic (exact) mass is 278 g/mol. The molecule has 0 fully saturated rings. The van der Waals surface area contributed by atoms with Gasteiger partial charge in [-0.05, 0) is 35.4 Å². The van der Waals surface area contributed by atoms with E-state index in [0.717, 1.165) is 11.1 Å². The zero-order valence-electron chi connectivity index (χ0n) is 9.55. The second-order valence-electron chi connectivity index (χ2n) is 3.91. The van der Waals surface area contributed by atoms with Crippen molar-refractivity contribution in [3.63, 3.8) is 0 Å². The number of aliphatic hydroxyl groups excluding tert-OH is 1. The van der Waals surface area contributed by atoms with E-state index in [-0.39, 0.29) is 0 Å². The molecule has 3 heteroatoms. The largest absolute Gasteiger partial charge is 0.384 e. The van der Waals surface area contributed by atoms with E-state index in [1.807, 2.05) is 30.3 Å². The van der Waals surface area contributed by atoms with Crippen LogP contribution in [-0.4, -0.2) is 5.11 Å². The fourth-order valence-corrected chi connectivity index (χ4v) is 1.80. The lowest BCUT2D eigenvalue weighted by molar-refractivity contribution is 0.229. The molecule has 0 radical (unpaired) electrons. The smallest absolute Gasteiger partial charge is 0.0975 e. The molecule has 2 rings (SSSR count). The van der Waals surface area contributed by atoms with Gasteiger partial charge in [-0.15, -0.1) is 0 Å². The third-order valence-electron chi connectivity index (χ3n) is 2.55. The Kier molecular flexibility index (Phi) is 4.43. The highest BCUT2D eigenvalue weighted by Gasteiger charge is 2.02. The maximum absolute atomic E-state index is 9.97. The van der Waals surface area contributed by atoms with E-state index >= 15 is 0 Å². The van der Waals surface area contributed by atoms with Crippen molar-refractivity contribution in [2.45, 2.75) is 6.10 Å². The van der Waals surface area contributed by atoms with Crippen LogP contribution in [0.5, 0.6) is 0 Å². The maximum Gasteiger partial charge on any atom is 0.0975 e. The highest BCUT2D eigenvalue weighted by Crippen LogP contribution is 2.19. The highest BCUT2D eigenvalue weighted by molar-refractivity contribution is 6.30. The molecule has 1 N–H and O–H groups in total. The molecule has 2 aromatic rings. The van der Waals surface area contributed by atoms with E-state index in [1.54, 1.807) is 30.3 Å². The second kappa shape index (κ2) is 6.05. The molecule has 0 saturated carbocycles. The lowest BCUT2D eigenvalue weighted by atomic mass is 10.1. The first-order valence-corrected chi connectivity index (χ1v) is 6.28. The van der Waals surface area contributed by atoms with E-state index < -0.39 is 6.10 Å². The van der Waals surface area contributed by atoms with Gasteiger partial charge < -0.3 is 5.11 Å². The summed E-state index contributed by atoms with van der Waals surface area (Å²) in [6.45, 7) is 0. The molecule has 0 spiro atoms. The fraction of sp³-hybridized carbons (Fsp3) is 0.0667. The molecule has 0 amide bonds. The summed E-state index contributed by atoms with van der Waals surface area (Å²) in [4.78, 5) is 0. The van der Waals surface area contributed by atoms with Crippen LogP contribution in [0.15, 0.2) is 54.6 Å². The SMILES string of the molecule is OC(C=Cc1ccc(Cl)cc1)c1ccc(Cl)cc1. The number of rotatable bonds is 3. The minimum absolute atomic E-state index is 0.641. The van der Waals surface area contributed by atoms with Crippen molar-refractivity contribution in [1.29, 1.82) is 0 Å². The van der Waals surface area contributed by atoms with Crippen molar-refractivity contribution in [2.75, 3.05) is 0 Å². The minimum Gasteiger partial charge on any atom is -0.384 e. The molecule has 0 aliphatic carbocycles. The third-order valence-corrected chi connectivity index (χ3v) is 3.06. The molecule has 1 atom stereocenters. The number of aliphatic hydroxyl groups is 1. The van der Waals surface area contributed by atoms with Crippen LogP contribution in [0.2, 0.25) is 10.0 Å². The highest BCUT2D eigenvalue weighted by atomic mass is 35.5. The summed E-state index contributed by atoms with van der Waals surface area (Å²) >= 11 is 11.6. The van der Waals surface area contributed by atoms with Crippen LogP contribution in [0, 0.1) is 0 Å². The zero-order chi connectivity index (χ0) is 13.0. The molecular formula is C15H12Cl2O. The summed E-state index contributed by atoms with van der Waals surface area (Å²) in [5.41, 5.74) is 1.80. The van der Waals surface area contributed by atoms with Gasteiger partial charge in [-0.3, -0.25) is 0 Å². The Morgan fingerprint density at radius 3 is 1.89 bits per heavy atom. The Bertz CT molecular complexity index is 529. The van der Waals surface area contributed by atoms with Crippen molar-refractivity contribution >= 4 is 29.3 Å². The first-order valence-electron chi connectivity index (χ1n) is 5.52. The minimum atomic E-state index is -0.641. The van der Waals surface area contributed by atoms with E-state index in [2.05, 4.69) is 0 Å². The van der Waals surface area contributed by atoms with E-state index in [9.17, 15) is 5.11 Å². The maximum atomic E-state index is 9.97.